The number of rotatable bonds is 1. The van der Waals surface area contributed by atoms with Gasteiger partial charge in [0, 0.05) is 10.5 Å². The lowest BCUT2D eigenvalue weighted by Crippen LogP contribution is -1.86. The van der Waals surface area contributed by atoms with E-state index in [0.717, 1.165) is 0 Å². The van der Waals surface area contributed by atoms with E-state index >= 15 is 0 Å². The standard InChI is InChI=1S/C8H5BrClNO/c1-12-8-2-5(4-11)6(9)3-7(8)10/h2-3H,1H3. The van der Waals surface area contributed by atoms with E-state index in [-0.39, 0.29) is 0 Å². The second kappa shape index (κ2) is 3.79. The quantitative estimate of drug-likeness (QED) is 0.763. The summed E-state index contributed by atoms with van der Waals surface area (Å²) >= 11 is 9.00. The fraction of sp³-hybridized carbons (Fsp3) is 0.125. The molecule has 2 nitrogen and oxygen atoms in total. The summed E-state index contributed by atoms with van der Waals surface area (Å²) in [7, 11) is 1.51. The predicted octanol–water partition coefficient (Wildman–Crippen LogP) is 2.98. The van der Waals surface area contributed by atoms with E-state index < -0.39 is 0 Å². The Bertz CT molecular complexity index is 346. The Morgan fingerprint density at radius 3 is 2.75 bits per heavy atom. The molecule has 1 aromatic rings. The Morgan fingerprint density at radius 2 is 2.25 bits per heavy atom. The van der Waals surface area contributed by atoms with Gasteiger partial charge in [-0.1, -0.05) is 11.6 Å². The zero-order valence-corrected chi connectivity index (χ0v) is 8.61. The number of nitriles is 1. The van der Waals surface area contributed by atoms with Crippen molar-refractivity contribution in [2.75, 3.05) is 7.11 Å². The van der Waals surface area contributed by atoms with E-state index in [0.29, 0.717) is 20.8 Å². The topological polar surface area (TPSA) is 33.0 Å². The number of ether oxygens (including phenoxy) is 1. The highest BCUT2D eigenvalue weighted by molar-refractivity contribution is 9.10. The first-order valence-corrected chi connectivity index (χ1v) is 4.29. The number of nitrogens with zero attached hydrogens (tertiary/aromatic N) is 1. The van der Waals surface area contributed by atoms with Gasteiger partial charge >= 0.3 is 0 Å². The second-order valence-electron chi connectivity index (χ2n) is 2.08. The fourth-order valence-corrected chi connectivity index (χ4v) is 1.58. The van der Waals surface area contributed by atoms with E-state index in [2.05, 4.69) is 15.9 Å². The molecule has 0 aliphatic heterocycles. The monoisotopic (exact) mass is 245 g/mol. The smallest absolute Gasteiger partial charge is 0.138 e. The molecule has 12 heavy (non-hydrogen) atoms. The number of halogens is 2. The van der Waals surface area contributed by atoms with Crippen LogP contribution in [0, 0.1) is 11.3 Å². The summed E-state index contributed by atoms with van der Waals surface area (Å²) in [5.41, 5.74) is 0.510. The van der Waals surface area contributed by atoms with Crippen LogP contribution in [0.1, 0.15) is 5.56 Å². The molecule has 0 N–H and O–H groups in total. The molecule has 0 fully saturated rings. The largest absolute Gasteiger partial charge is 0.495 e. The van der Waals surface area contributed by atoms with Gasteiger partial charge in [0.1, 0.15) is 11.8 Å². The molecule has 0 unspecified atom stereocenters. The van der Waals surface area contributed by atoms with Crippen LogP contribution in [0.15, 0.2) is 16.6 Å². The van der Waals surface area contributed by atoms with E-state index in [4.69, 9.17) is 21.6 Å². The van der Waals surface area contributed by atoms with Gasteiger partial charge in [-0.2, -0.15) is 5.26 Å². The third-order valence-electron chi connectivity index (χ3n) is 1.36. The molecule has 0 radical (unpaired) electrons. The van der Waals surface area contributed by atoms with Crippen LogP contribution in [-0.2, 0) is 0 Å². The first kappa shape index (κ1) is 9.37. The highest BCUT2D eigenvalue weighted by atomic mass is 79.9. The molecule has 0 spiro atoms. The summed E-state index contributed by atoms with van der Waals surface area (Å²) in [5, 5.41) is 9.14. The lowest BCUT2D eigenvalue weighted by Gasteiger charge is -2.03. The summed E-state index contributed by atoms with van der Waals surface area (Å²) in [4.78, 5) is 0. The Kier molecular flexibility index (Phi) is 2.96. The van der Waals surface area contributed by atoms with Crippen LogP contribution < -0.4 is 4.74 Å². The molecule has 4 heteroatoms. The van der Waals surface area contributed by atoms with Gasteiger partial charge in [-0.05, 0) is 22.0 Å². The zero-order chi connectivity index (χ0) is 9.14. The predicted molar refractivity (Wildman–Crippen MR) is 50.4 cm³/mol. The lowest BCUT2D eigenvalue weighted by atomic mass is 10.2. The van der Waals surface area contributed by atoms with E-state index in [1.165, 1.54) is 7.11 Å². The lowest BCUT2D eigenvalue weighted by molar-refractivity contribution is 0.415. The van der Waals surface area contributed by atoms with Crippen molar-refractivity contribution in [3.63, 3.8) is 0 Å². The second-order valence-corrected chi connectivity index (χ2v) is 3.34. The molecule has 1 aromatic carbocycles. The molecule has 0 aliphatic rings. The van der Waals surface area contributed by atoms with Crippen LogP contribution in [0.25, 0.3) is 0 Å². The molecule has 0 saturated carbocycles. The minimum absolute atomic E-state index is 0.489. The highest BCUT2D eigenvalue weighted by Crippen LogP contribution is 2.30. The number of benzene rings is 1. The molecule has 0 amide bonds. The first-order chi connectivity index (χ1) is 5.69. The van der Waals surface area contributed by atoms with Gasteiger partial charge in [-0.15, -0.1) is 0 Å². The van der Waals surface area contributed by atoms with Gasteiger partial charge in [-0.3, -0.25) is 0 Å². The number of hydrogen-bond acceptors (Lipinski definition) is 2. The summed E-state index contributed by atoms with van der Waals surface area (Å²) in [6, 6.07) is 5.24. The molecule has 1 rings (SSSR count). The number of hydrogen-bond donors (Lipinski definition) is 0. The molecular weight excluding hydrogens is 241 g/mol. The zero-order valence-electron chi connectivity index (χ0n) is 6.27. The van der Waals surface area contributed by atoms with Gasteiger partial charge in [0.15, 0.2) is 0 Å². The van der Waals surface area contributed by atoms with E-state index in [1.807, 2.05) is 6.07 Å². The van der Waals surface area contributed by atoms with Crippen molar-refractivity contribution in [1.29, 1.82) is 5.26 Å². The van der Waals surface area contributed by atoms with Crippen molar-refractivity contribution in [2.45, 2.75) is 0 Å². The van der Waals surface area contributed by atoms with Crippen LogP contribution in [0.4, 0.5) is 0 Å². The summed E-state index contributed by atoms with van der Waals surface area (Å²) in [6.07, 6.45) is 0. The van der Waals surface area contributed by atoms with Crippen molar-refractivity contribution in [2.24, 2.45) is 0 Å². The SMILES string of the molecule is COc1cc(C#N)c(Br)cc1Cl. The molecule has 0 heterocycles. The summed E-state index contributed by atoms with van der Waals surface area (Å²) < 4.78 is 5.62. The van der Waals surface area contributed by atoms with Crippen LogP contribution in [-0.4, -0.2) is 7.11 Å². The molecule has 0 atom stereocenters. The maximum absolute atomic E-state index is 8.65. The van der Waals surface area contributed by atoms with E-state index in [9.17, 15) is 0 Å². The van der Waals surface area contributed by atoms with Crippen LogP contribution >= 0.6 is 27.5 Å². The minimum atomic E-state index is 0.489. The molecule has 0 aromatic heterocycles. The van der Waals surface area contributed by atoms with Crippen LogP contribution in [0.2, 0.25) is 5.02 Å². The summed E-state index contributed by atoms with van der Waals surface area (Å²) in [6.45, 7) is 0. The van der Waals surface area contributed by atoms with Crippen molar-refractivity contribution in [1.82, 2.24) is 0 Å². The van der Waals surface area contributed by atoms with Gasteiger partial charge in [0.05, 0.1) is 17.7 Å². The van der Waals surface area contributed by atoms with Gasteiger partial charge < -0.3 is 4.74 Å². The molecule has 0 aliphatic carbocycles. The van der Waals surface area contributed by atoms with Crippen molar-refractivity contribution >= 4 is 27.5 Å². The van der Waals surface area contributed by atoms with Crippen molar-refractivity contribution in [3.8, 4) is 11.8 Å². The third-order valence-corrected chi connectivity index (χ3v) is 2.31. The van der Waals surface area contributed by atoms with Crippen LogP contribution in [0.5, 0.6) is 5.75 Å². The molecule has 0 bridgehead atoms. The molecule has 62 valence electrons. The average molecular weight is 246 g/mol. The van der Waals surface area contributed by atoms with E-state index in [1.54, 1.807) is 12.1 Å². The Hall–Kier alpha value is -0.720. The molecule has 0 saturated heterocycles. The normalized spacial score (nSPS) is 9.17. The first-order valence-electron chi connectivity index (χ1n) is 3.12. The number of methoxy groups -OCH3 is 1. The minimum Gasteiger partial charge on any atom is -0.495 e. The van der Waals surface area contributed by atoms with Crippen molar-refractivity contribution < 1.29 is 4.74 Å². The Labute approximate surface area is 83.8 Å². The van der Waals surface area contributed by atoms with Gasteiger partial charge in [0.2, 0.25) is 0 Å². The maximum Gasteiger partial charge on any atom is 0.138 e. The Morgan fingerprint density at radius 1 is 1.58 bits per heavy atom. The molecular formula is C8H5BrClNO. The third kappa shape index (κ3) is 1.71. The van der Waals surface area contributed by atoms with Gasteiger partial charge in [0.25, 0.3) is 0 Å². The Balaban J connectivity index is 3.30. The average Bonchev–Trinajstić information content (AvgIpc) is 2.05. The maximum atomic E-state index is 8.65. The highest BCUT2D eigenvalue weighted by Gasteiger charge is 2.05. The van der Waals surface area contributed by atoms with Crippen LogP contribution in [0.3, 0.4) is 0 Å². The summed E-state index contributed by atoms with van der Waals surface area (Å²) in [5.74, 6) is 0.511. The van der Waals surface area contributed by atoms with Crippen molar-refractivity contribution in [3.05, 3.63) is 27.2 Å². The fourth-order valence-electron chi connectivity index (χ4n) is 0.771. The van der Waals surface area contributed by atoms with Gasteiger partial charge in [-0.25, -0.2) is 0 Å².